The van der Waals surface area contributed by atoms with Crippen LogP contribution in [-0.4, -0.2) is 48.6 Å². The molecule has 3 nitrogen and oxygen atoms in total. The third-order valence-electron chi connectivity index (χ3n) is 5.08. The Morgan fingerprint density at radius 1 is 1.25 bits per heavy atom. The second-order valence-corrected chi connectivity index (χ2v) is 6.13. The summed E-state index contributed by atoms with van der Waals surface area (Å²) < 4.78 is 0. The number of rotatable bonds is 4. The molecule has 3 rings (SSSR count). The second kappa shape index (κ2) is 6.25. The van der Waals surface area contributed by atoms with Gasteiger partial charge in [-0.2, -0.15) is 0 Å². The molecule has 3 heteroatoms. The third-order valence-corrected chi connectivity index (χ3v) is 5.08. The van der Waals surface area contributed by atoms with Gasteiger partial charge < -0.3 is 5.73 Å². The highest BCUT2D eigenvalue weighted by Crippen LogP contribution is 2.29. The van der Waals surface area contributed by atoms with Gasteiger partial charge >= 0.3 is 0 Å². The van der Waals surface area contributed by atoms with E-state index in [0.717, 1.165) is 25.6 Å². The van der Waals surface area contributed by atoms with Gasteiger partial charge in [-0.3, -0.25) is 9.80 Å². The number of hydrogen-bond acceptors (Lipinski definition) is 3. The summed E-state index contributed by atoms with van der Waals surface area (Å²) in [6, 6.07) is 10.00. The van der Waals surface area contributed by atoms with Crippen molar-refractivity contribution >= 4 is 0 Å². The van der Waals surface area contributed by atoms with Crippen molar-refractivity contribution in [2.24, 2.45) is 5.73 Å². The molecule has 2 unspecified atom stereocenters. The Hall–Kier alpha value is -0.900. The molecule has 2 N–H and O–H groups in total. The Morgan fingerprint density at radius 2 is 2.10 bits per heavy atom. The monoisotopic (exact) mass is 273 g/mol. The number of aryl methyl sites for hydroxylation is 1. The Labute approximate surface area is 122 Å². The van der Waals surface area contributed by atoms with Crippen molar-refractivity contribution in [3.05, 3.63) is 35.4 Å². The summed E-state index contributed by atoms with van der Waals surface area (Å²) >= 11 is 0. The lowest BCUT2D eigenvalue weighted by Crippen LogP contribution is -2.52. The van der Waals surface area contributed by atoms with Gasteiger partial charge in [-0.25, -0.2) is 0 Å². The van der Waals surface area contributed by atoms with Gasteiger partial charge in [-0.05, 0) is 36.9 Å². The van der Waals surface area contributed by atoms with Gasteiger partial charge in [0.05, 0.1) is 0 Å². The maximum atomic E-state index is 6.14. The minimum Gasteiger partial charge on any atom is -0.329 e. The Kier molecular flexibility index (Phi) is 4.39. The summed E-state index contributed by atoms with van der Waals surface area (Å²) in [6.07, 6.45) is 3.83. The van der Waals surface area contributed by atoms with Crippen LogP contribution in [0.5, 0.6) is 0 Å². The fourth-order valence-electron chi connectivity index (χ4n) is 3.95. The van der Waals surface area contributed by atoms with E-state index in [1.807, 2.05) is 0 Å². The standard InChI is InChI=1S/C17H27N3/c1-2-14-6-3-4-8-16(14)17(12-18)20-11-10-19-9-5-7-15(19)13-20/h3-4,6,8,15,17H,2,5,7,9-13,18H2,1H3. The fourth-order valence-corrected chi connectivity index (χ4v) is 3.95. The van der Waals surface area contributed by atoms with E-state index in [4.69, 9.17) is 5.73 Å². The smallest absolute Gasteiger partial charge is 0.0474 e. The van der Waals surface area contributed by atoms with Gasteiger partial charge in [0.25, 0.3) is 0 Å². The molecular formula is C17H27N3. The van der Waals surface area contributed by atoms with Crippen LogP contribution in [0.25, 0.3) is 0 Å². The van der Waals surface area contributed by atoms with Gasteiger partial charge in [0.15, 0.2) is 0 Å². The van der Waals surface area contributed by atoms with E-state index in [2.05, 4.69) is 41.0 Å². The Morgan fingerprint density at radius 3 is 2.90 bits per heavy atom. The molecule has 110 valence electrons. The maximum Gasteiger partial charge on any atom is 0.0474 e. The van der Waals surface area contributed by atoms with Gasteiger partial charge in [0.2, 0.25) is 0 Å². The van der Waals surface area contributed by atoms with E-state index in [1.165, 1.54) is 43.6 Å². The minimum absolute atomic E-state index is 0.397. The first-order chi connectivity index (χ1) is 9.83. The van der Waals surface area contributed by atoms with Gasteiger partial charge in [0.1, 0.15) is 0 Å². The van der Waals surface area contributed by atoms with E-state index in [-0.39, 0.29) is 0 Å². The quantitative estimate of drug-likeness (QED) is 0.911. The molecule has 20 heavy (non-hydrogen) atoms. The molecule has 0 saturated carbocycles. The molecule has 0 spiro atoms. The summed E-state index contributed by atoms with van der Waals surface area (Å²) in [5.41, 5.74) is 9.04. The van der Waals surface area contributed by atoms with Crippen molar-refractivity contribution in [1.82, 2.24) is 9.80 Å². The van der Waals surface area contributed by atoms with Gasteiger partial charge in [-0.15, -0.1) is 0 Å². The van der Waals surface area contributed by atoms with E-state index in [9.17, 15) is 0 Å². The van der Waals surface area contributed by atoms with Crippen molar-refractivity contribution in [1.29, 1.82) is 0 Å². The van der Waals surface area contributed by atoms with Gasteiger partial charge in [-0.1, -0.05) is 31.2 Å². The lowest BCUT2D eigenvalue weighted by molar-refractivity contribution is 0.0734. The van der Waals surface area contributed by atoms with Crippen LogP contribution in [0.15, 0.2) is 24.3 Å². The van der Waals surface area contributed by atoms with Crippen LogP contribution < -0.4 is 5.73 Å². The zero-order valence-corrected chi connectivity index (χ0v) is 12.6. The lowest BCUT2D eigenvalue weighted by Gasteiger charge is -2.42. The van der Waals surface area contributed by atoms with E-state index in [0.29, 0.717) is 6.04 Å². The summed E-state index contributed by atoms with van der Waals surface area (Å²) in [4.78, 5) is 5.29. The molecule has 2 saturated heterocycles. The molecule has 2 heterocycles. The van der Waals surface area contributed by atoms with Gasteiger partial charge in [0, 0.05) is 38.3 Å². The summed E-state index contributed by atoms with van der Waals surface area (Å²) in [5.74, 6) is 0. The normalized spacial score (nSPS) is 25.6. The van der Waals surface area contributed by atoms with E-state index >= 15 is 0 Å². The highest BCUT2D eigenvalue weighted by molar-refractivity contribution is 5.30. The molecule has 2 atom stereocenters. The number of fused-ring (bicyclic) bond motifs is 1. The highest BCUT2D eigenvalue weighted by Gasteiger charge is 2.33. The number of nitrogens with two attached hydrogens (primary N) is 1. The van der Waals surface area contributed by atoms with E-state index in [1.54, 1.807) is 0 Å². The summed E-state index contributed by atoms with van der Waals surface area (Å²) in [6.45, 7) is 7.84. The molecule has 1 aromatic carbocycles. The number of hydrogen-bond donors (Lipinski definition) is 1. The van der Waals surface area contributed by atoms with Crippen molar-refractivity contribution in [2.45, 2.75) is 38.3 Å². The second-order valence-electron chi connectivity index (χ2n) is 6.13. The average molecular weight is 273 g/mol. The predicted octanol–water partition coefficient (Wildman–Crippen LogP) is 2.03. The first-order valence-electron chi connectivity index (χ1n) is 8.09. The lowest BCUT2D eigenvalue weighted by atomic mass is 9.96. The largest absolute Gasteiger partial charge is 0.329 e. The summed E-state index contributed by atoms with van der Waals surface area (Å²) in [7, 11) is 0. The molecule has 0 aromatic heterocycles. The molecule has 2 aliphatic rings. The van der Waals surface area contributed by atoms with Crippen molar-refractivity contribution in [2.75, 3.05) is 32.7 Å². The topological polar surface area (TPSA) is 32.5 Å². The number of benzene rings is 1. The molecular weight excluding hydrogens is 246 g/mol. The average Bonchev–Trinajstić information content (AvgIpc) is 2.96. The minimum atomic E-state index is 0.397. The van der Waals surface area contributed by atoms with Crippen molar-refractivity contribution in [3.8, 4) is 0 Å². The van der Waals surface area contributed by atoms with Crippen LogP contribution >= 0.6 is 0 Å². The van der Waals surface area contributed by atoms with Crippen molar-refractivity contribution < 1.29 is 0 Å². The Bertz CT molecular complexity index is 446. The zero-order valence-electron chi connectivity index (χ0n) is 12.6. The molecule has 1 aromatic rings. The number of piperazine rings is 1. The predicted molar refractivity (Wildman–Crippen MR) is 83.8 cm³/mol. The number of nitrogens with zero attached hydrogens (tertiary/aromatic N) is 2. The van der Waals surface area contributed by atoms with Crippen LogP contribution in [0, 0.1) is 0 Å². The zero-order chi connectivity index (χ0) is 13.9. The Balaban J connectivity index is 1.79. The van der Waals surface area contributed by atoms with E-state index < -0.39 is 0 Å². The first kappa shape index (κ1) is 14.1. The fraction of sp³-hybridized carbons (Fsp3) is 0.647. The van der Waals surface area contributed by atoms with Crippen LogP contribution in [0.4, 0.5) is 0 Å². The van der Waals surface area contributed by atoms with Crippen LogP contribution in [-0.2, 0) is 6.42 Å². The molecule has 0 radical (unpaired) electrons. The molecule has 2 fully saturated rings. The van der Waals surface area contributed by atoms with Crippen LogP contribution in [0.3, 0.4) is 0 Å². The highest BCUT2D eigenvalue weighted by atomic mass is 15.3. The van der Waals surface area contributed by atoms with Crippen LogP contribution in [0.2, 0.25) is 0 Å². The molecule has 2 aliphatic heterocycles. The SMILES string of the molecule is CCc1ccccc1C(CN)N1CCN2CCCC2C1. The molecule has 0 aliphatic carbocycles. The molecule has 0 bridgehead atoms. The first-order valence-corrected chi connectivity index (χ1v) is 8.09. The summed E-state index contributed by atoms with van der Waals surface area (Å²) in [5, 5.41) is 0. The van der Waals surface area contributed by atoms with Crippen molar-refractivity contribution in [3.63, 3.8) is 0 Å². The maximum absolute atomic E-state index is 6.14. The van der Waals surface area contributed by atoms with Crippen LogP contribution in [0.1, 0.15) is 36.9 Å². The third kappa shape index (κ3) is 2.62. The molecule has 0 amide bonds.